The molecule has 194 valence electrons. The molecule has 0 radical (unpaired) electrons. The van der Waals surface area contributed by atoms with E-state index < -0.39 is 5.97 Å². The molecule has 0 fully saturated rings. The third kappa shape index (κ3) is 6.82. The first kappa shape index (κ1) is 27.0. The van der Waals surface area contributed by atoms with Gasteiger partial charge in [-0.2, -0.15) is 0 Å². The number of carbonyl (C=O) groups is 2. The topological polar surface area (TPSA) is 73.9 Å². The molecule has 0 saturated carbocycles. The number of esters is 1. The molecular formula is C30H26ClNO5S. The summed E-state index contributed by atoms with van der Waals surface area (Å²) in [6.45, 7) is 2.37. The second-order valence-electron chi connectivity index (χ2n) is 8.09. The monoisotopic (exact) mass is 547 g/mol. The minimum absolute atomic E-state index is 0.217. The van der Waals surface area contributed by atoms with Crippen molar-refractivity contribution in [2.75, 3.05) is 19.0 Å². The van der Waals surface area contributed by atoms with Crippen LogP contribution in [0, 0.1) is 0 Å². The Balaban J connectivity index is 1.48. The number of anilines is 1. The summed E-state index contributed by atoms with van der Waals surface area (Å²) in [6.07, 6.45) is 3.06. The maximum atomic E-state index is 12.8. The lowest BCUT2D eigenvalue weighted by atomic mass is 10.0. The second kappa shape index (κ2) is 12.9. The molecule has 0 aliphatic rings. The van der Waals surface area contributed by atoms with Crippen LogP contribution in [0.15, 0.2) is 84.3 Å². The van der Waals surface area contributed by atoms with Crippen molar-refractivity contribution < 1.29 is 23.8 Å². The zero-order valence-electron chi connectivity index (χ0n) is 20.9. The molecule has 4 rings (SSSR count). The van der Waals surface area contributed by atoms with Crippen molar-refractivity contribution in [3.8, 4) is 22.6 Å². The predicted molar refractivity (Wildman–Crippen MR) is 152 cm³/mol. The zero-order chi connectivity index (χ0) is 26.9. The second-order valence-corrected chi connectivity index (χ2v) is 9.40. The summed E-state index contributed by atoms with van der Waals surface area (Å²) in [5.41, 5.74) is 3.57. The van der Waals surface area contributed by atoms with Gasteiger partial charge in [0.15, 0.2) is 11.5 Å². The van der Waals surface area contributed by atoms with Crippen LogP contribution in [0.3, 0.4) is 0 Å². The molecular weight excluding hydrogens is 522 g/mol. The van der Waals surface area contributed by atoms with Crippen LogP contribution in [-0.2, 0) is 16.1 Å². The number of nitrogens with one attached hydrogen (secondary N) is 1. The minimum atomic E-state index is -0.506. The average Bonchev–Trinajstić information content (AvgIpc) is 3.35. The number of hydrogen-bond donors (Lipinski definition) is 1. The molecule has 38 heavy (non-hydrogen) atoms. The fourth-order valence-corrected chi connectivity index (χ4v) is 4.75. The van der Waals surface area contributed by atoms with Crippen LogP contribution in [0.2, 0.25) is 5.02 Å². The number of methoxy groups -OCH3 is 1. The third-order valence-corrected chi connectivity index (χ3v) is 6.66. The number of amides is 1. The van der Waals surface area contributed by atoms with E-state index >= 15 is 0 Å². The van der Waals surface area contributed by atoms with Gasteiger partial charge in [-0.3, -0.25) is 4.79 Å². The van der Waals surface area contributed by atoms with Crippen LogP contribution in [0.4, 0.5) is 5.00 Å². The van der Waals surface area contributed by atoms with E-state index in [0.717, 1.165) is 16.7 Å². The highest BCUT2D eigenvalue weighted by Crippen LogP contribution is 2.37. The Morgan fingerprint density at radius 3 is 2.47 bits per heavy atom. The first-order chi connectivity index (χ1) is 18.5. The van der Waals surface area contributed by atoms with Gasteiger partial charge in [-0.25, -0.2) is 4.79 Å². The van der Waals surface area contributed by atoms with Crippen LogP contribution < -0.4 is 14.8 Å². The van der Waals surface area contributed by atoms with E-state index in [-0.39, 0.29) is 12.5 Å². The van der Waals surface area contributed by atoms with Crippen LogP contribution in [-0.4, -0.2) is 25.6 Å². The van der Waals surface area contributed by atoms with Crippen molar-refractivity contribution in [3.63, 3.8) is 0 Å². The van der Waals surface area contributed by atoms with E-state index in [2.05, 4.69) is 5.32 Å². The Labute approximate surface area is 230 Å². The summed E-state index contributed by atoms with van der Waals surface area (Å²) >= 11 is 7.27. The first-order valence-electron chi connectivity index (χ1n) is 11.9. The largest absolute Gasteiger partial charge is 0.493 e. The van der Waals surface area contributed by atoms with Crippen molar-refractivity contribution in [1.29, 1.82) is 0 Å². The Morgan fingerprint density at radius 2 is 1.76 bits per heavy atom. The minimum Gasteiger partial charge on any atom is -0.493 e. The van der Waals surface area contributed by atoms with Crippen LogP contribution in [0.5, 0.6) is 11.5 Å². The molecule has 1 heterocycles. The van der Waals surface area contributed by atoms with Crippen LogP contribution >= 0.6 is 22.9 Å². The lowest BCUT2D eigenvalue weighted by molar-refractivity contribution is -0.111. The highest BCUT2D eigenvalue weighted by atomic mass is 35.5. The normalized spacial score (nSPS) is 10.8. The molecule has 0 unspecified atom stereocenters. The highest BCUT2D eigenvalue weighted by molar-refractivity contribution is 7.15. The summed E-state index contributed by atoms with van der Waals surface area (Å²) in [4.78, 5) is 25.5. The van der Waals surface area contributed by atoms with Gasteiger partial charge in [-0.05, 0) is 54.0 Å². The Hall–Kier alpha value is -4.07. The maximum Gasteiger partial charge on any atom is 0.341 e. The molecule has 8 heteroatoms. The SMILES string of the molecule is CCOC(=O)c1c(-c2ccc(Cl)cc2)csc1NC(=O)C=Cc1ccc(OCc2ccccc2)c(OC)c1. The van der Waals surface area contributed by atoms with E-state index in [1.807, 2.05) is 53.9 Å². The zero-order valence-corrected chi connectivity index (χ0v) is 22.5. The van der Waals surface area contributed by atoms with Gasteiger partial charge < -0.3 is 19.5 Å². The Kier molecular flexibility index (Phi) is 9.19. The van der Waals surface area contributed by atoms with E-state index in [9.17, 15) is 9.59 Å². The number of halogens is 1. The molecule has 0 atom stereocenters. The molecule has 1 aromatic heterocycles. The molecule has 4 aromatic rings. The van der Waals surface area contributed by atoms with Crippen molar-refractivity contribution in [2.45, 2.75) is 13.5 Å². The van der Waals surface area contributed by atoms with Gasteiger partial charge in [0, 0.05) is 22.0 Å². The quantitative estimate of drug-likeness (QED) is 0.164. The van der Waals surface area contributed by atoms with Crippen molar-refractivity contribution in [3.05, 3.63) is 106 Å². The van der Waals surface area contributed by atoms with Gasteiger partial charge in [0.2, 0.25) is 5.91 Å². The van der Waals surface area contributed by atoms with Crippen molar-refractivity contribution in [2.24, 2.45) is 0 Å². The summed E-state index contributed by atoms with van der Waals surface area (Å²) in [7, 11) is 1.57. The van der Waals surface area contributed by atoms with E-state index in [0.29, 0.717) is 39.3 Å². The molecule has 0 saturated heterocycles. The number of ether oxygens (including phenoxy) is 3. The summed E-state index contributed by atoms with van der Waals surface area (Å²) in [5.74, 6) is 0.265. The molecule has 3 aromatic carbocycles. The molecule has 0 bridgehead atoms. The van der Waals surface area contributed by atoms with Crippen LogP contribution in [0.1, 0.15) is 28.4 Å². The maximum absolute atomic E-state index is 12.8. The number of hydrogen-bond acceptors (Lipinski definition) is 6. The van der Waals surface area contributed by atoms with E-state index in [1.54, 1.807) is 44.4 Å². The lowest BCUT2D eigenvalue weighted by Gasteiger charge is -2.11. The van der Waals surface area contributed by atoms with Crippen LogP contribution in [0.25, 0.3) is 17.2 Å². The summed E-state index contributed by atoms with van der Waals surface area (Å²) < 4.78 is 16.6. The van der Waals surface area contributed by atoms with Gasteiger partial charge in [-0.15, -0.1) is 11.3 Å². The Morgan fingerprint density at radius 1 is 1.00 bits per heavy atom. The Bertz CT molecular complexity index is 1430. The van der Waals surface area contributed by atoms with Crippen molar-refractivity contribution in [1.82, 2.24) is 0 Å². The number of carbonyl (C=O) groups excluding carboxylic acids is 2. The highest BCUT2D eigenvalue weighted by Gasteiger charge is 2.22. The summed E-state index contributed by atoms with van der Waals surface area (Å²) in [5, 5.41) is 5.62. The molecule has 1 N–H and O–H groups in total. The first-order valence-corrected chi connectivity index (χ1v) is 13.1. The molecule has 1 amide bonds. The molecule has 0 aliphatic heterocycles. The molecule has 0 spiro atoms. The number of thiophene rings is 1. The van der Waals surface area contributed by atoms with Gasteiger partial charge in [-0.1, -0.05) is 60.1 Å². The van der Waals surface area contributed by atoms with Gasteiger partial charge in [0.1, 0.15) is 17.2 Å². The van der Waals surface area contributed by atoms with Gasteiger partial charge in [0.05, 0.1) is 13.7 Å². The average molecular weight is 548 g/mol. The smallest absolute Gasteiger partial charge is 0.341 e. The van der Waals surface area contributed by atoms with E-state index in [1.165, 1.54) is 17.4 Å². The van der Waals surface area contributed by atoms with E-state index in [4.69, 9.17) is 25.8 Å². The fourth-order valence-electron chi connectivity index (χ4n) is 3.67. The lowest BCUT2D eigenvalue weighted by Crippen LogP contribution is -2.12. The third-order valence-electron chi connectivity index (χ3n) is 5.51. The summed E-state index contributed by atoms with van der Waals surface area (Å²) in [6, 6.07) is 22.4. The fraction of sp³-hybridized carbons (Fsp3) is 0.133. The predicted octanol–water partition coefficient (Wildman–Crippen LogP) is 7.48. The molecule has 6 nitrogen and oxygen atoms in total. The van der Waals surface area contributed by atoms with Crippen molar-refractivity contribution >= 4 is 45.9 Å². The molecule has 0 aliphatic carbocycles. The number of benzene rings is 3. The van der Waals surface area contributed by atoms with Gasteiger partial charge in [0.25, 0.3) is 0 Å². The number of rotatable bonds is 10. The standard InChI is InChI=1S/C30H26ClNO5S/c1-3-36-30(34)28-24(22-11-13-23(31)14-12-22)19-38-29(28)32-27(33)16-10-20-9-15-25(26(17-20)35-2)37-18-21-7-5-4-6-8-21/h4-17,19H,3,18H2,1-2H3,(H,32,33). The van der Waals surface area contributed by atoms with Gasteiger partial charge >= 0.3 is 5.97 Å².